The number of hydrogen-bond acceptors (Lipinski definition) is 8. The van der Waals surface area contributed by atoms with Crippen molar-refractivity contribution in [3.8, 4) is 0 Å². The molecule has 33 heavy (non-hydrogen) atoms. The van der Waals surface area contributed by atoms with Crippen LogP contribution in [-0.4, -0.2) is 50.1 Å². The van der Waals surface area contributed by atoms with Crippen LogP contribution < -0.4 is 15.4 Å². The predicted octanol–water partition coefficient (Wildman–Crippen LogP) is 2.55. The van der Waals surface area contributed by atoms with Crippen molar-refractivity contribution >= 4 is 27.6 Å². The summed E-state index contributed by atoms with van der Waals surface area (Å²) in [6.45, 7) is 7.80. The molecule has 10 heteroatoms. The molecule has 2 aromatic heterocycles. The Balaban J connectivity index is 1.69. The Kier molecular flexibility index (Phi) is 6.09. The second-order valence-electron chi connectivity index (χ2n) is 9.73. The zero-order chi connectivity index (χ0) is 24.0. The number of amides is 1. The van der Waals surface area contributed by atoms with E-state index in [-0.39, 0.29) is 27.9 Å². The van der Waals surface area contributed by atoms with E-state index in [0.29, 0.717) is 24.3 Å². The molecule has 1 saturated heterocycles. The number of methoxy groups -OCH3 is 1. The van der Waals surface area contributed by atoms with Gasteiger partial charge >= 0.3 is 0 Å². The van der Waals surface area contributed by atoms with Gasteiger partial charge in [0.15, 0.2) is 5.03 Å². The number of ether oxygens (including phenoxy) is 1. The van der Waals surface area contributed by atoms with Gasteiger partial charge in [0.2, 0.25) is 0 Å². The molecule has 9 nitrogen and oxygen atoms in total. The van der Waals surface area contributed by atoms with E-state index >= 15 is 0 Å². The first-order chi connectivity index (χ1) is 15.5. The molecular formula is C23H31N5O4S. The number of rotatable bonds is 7. The van der Waals surface area contributed by atoms with Gasteiger partial charge in [0.05, 0.1) is 5.56 Å². The lowest BCUT2D eigenvalue weighted by molar-refractivity contribution is 0.0981. The molecule has 4 rings (SSSR count). The number of nitrogens with two attached hydrogens (primary N) is 1. The third-order valence-electron chi connectivity index (χ3n) is 6.40. The quantitative estimate of drug-likeness (QED) is 0.628. The van der Waals surface area contributed by atoms with Crippen LogP contribution in [0.5, 0.6) is 0 Å². The van der Waals surface area contributed by atoms with Crippen molar-refractivity contribution in [1.29, 1.82) is 0 Å². The monoisotopic (exact) mass is 473 g/mol. The highest BCUT2D eigenvalue weighted by molar-refractivity contribution is 7.90. The first-order valence-electron chi connectivity index (χ1n) is 11.1. The topological polar surface area (TPSA) is 128 Å². The standard InChI is InChI=1S/C23H31N5O4S/c1-14-11-23(2,3)28(12-14)21-16(8-9-18(25-21)17-10-15(17)13-32-4)22(29)27-33(30,31)20-7-5-6-19(24)26-20/h5-9,14-15,17H,10-13H2,1-4H3,(H2,24,26)(H,27,29)/t14-,15+,17-/m0/s1. The molecule has 178 valence electrons. The molecule has 0 aromatic carbocycles. The van der Waals surface area contributed by atoms with E-state index in [2.05, 4.69) is 35.4 Å². The molecule has 2 aromatic rings. The fourth-order valence-corrected chi connectivity index (χ4v) is 5.77. The van der Waals surface area contributed by atoms with Crippen molar-refractivity contribution in [2.75, 3.05) is 30.9 Å². The van der Waals surface area contributed by atoms with Crippen LogP contribution in [0.2, 0.25) is 0 Å². The Hall–Kier alpha value is -2.72. The van der Waals surface area contributed by atoms with Crippen molar-refractivity contribution in [3.05, 3.63) is 41.6 Å². The van der Waals surface area contributed by atoms with Gasteiger partial charge in [-0.1, -0.05) is 13.0 Å². The number of nitrogen functional groups attached to an aromatic ring is 1. The fourth-order valence-electron chi connectivity index (χ4n) is 4.83. The average molecular weight is 474 g/mol. The fraction of sp³-hybridized carbons (Fsp3) is 0.522. The van der Waals surface area contributed by atoms with Crippen LogP contribution in [0.25, 0.3) is 0 Å². The van der Waals surface area contributed by atoms with E-state index in [1.807, 2.05) is 6.07 Å². The van der Waals surface area contributed by atoms with Crippen LogP contribution in [0.3, 0.4) is 0 Å². The maximum absolute atomic E-state index is 13.2. The molecular weight excluding hydrogens is 442 g/mol. The van der Waals surface area contributed by atoms with E-state index in [0.717, 1.165) is 25.1 Å². The summed E-state index contributed by atoms with van der Waals surface area (Å²) in [5.41, 5.74) is 6.52. The Morgan fingerprint density at radius 2 is 2.03 bits per heavy atom. The zero-order valence-corrected chi connectivity index (χ0v) is 20.2. The van der Waals surface area contributed by atoms with Crippen LogP contribution in [0.15, 0.2) is 35.4 Å². The molecule has 3 N–H and O–H groups in total. The lowest BCUT2D eigenvalue weighted by atomic mass is 9.97. The summed E-state index contributed by atoms with van der Waals surface area (Å²) in [7, 11) is -2.51. The lowest BCUT2D eigenvalue weighted by Gasteiger charge is -2.34. The Morgan fingerprint density at radius 1 is 1.27 bits per heavy atom. The zero-order valence-electron chi connectivity index (χ0n) is 19.4. The average Bonchev–Trinajstić information content (AvgIpc) is 3.44. The van der Waals surface area contributed by atoms with E-state index in [4.69, 9.17) is 15.5 Å². The Morgan fingerprint density at radius 3 is 2.67 bits per heavy atom. The number of anilines is 2. The SMILES string of the molecule is COC[C@H]1C[C@@H]1c1ccc(C(=O)NS(=O)(=O)c2cccc(N)n2)c(N2C[C@@H](C)CC2(C)C)n1. The van der Waals surface area contributed by atoms with E-state index in [9.17, 15) is 13.2 Å². The summed E-state index contributed by atoms with van der Waals surface area (Å²) in [5.74, 6) is 0.939. The van der Waals surface area contributed by atoms with Gasteiger partial charge in [0, 0.05) is 37.4 Å². The Labute approximate surface area is 194 Å². The molecule has 3 heterocycles. The number of carbonyl (C=O) groups excluding carboxylic acids is 1. The maximum atomic E-state index is 13.2. The highest BCUT2D eigenvalue weighted by Crippen LogP contribution is 2.48. The van der Waals surface area contributed by atoms with Crippen LogP contribution in [-0.2, 0) is 14.8 Å². The molecule has 1 amide bonds. The van der Waals surface area contributed by atoms with Gasteiger partial charge < -0.3 is 15.4 Å². The molecule has 0 radical (unpaired) electrons. The van der Waals surface area contributed by atoms with E-state index < -0.39 is 15.9 Å². The first kappa shape index (κ1) is 23.4. The molecule has 2 aliphatic rings. The minimum Gasteiger partial charge on any atom is -0.384 e. The predicted molar refractivity (Wildman–Crippen MR) is 125 cm³/mol. The third kappa shape index (κ3) is 4.81. The van der Waals surface area contributed by atoms with Crippen LogP contribution in [0, 0.1) is 11.8 Å². The van der Waals surface area contributed by atoms with Gasteiger partial charge in [0.25, 0.3) is 15.9 Å². The van der Waals surface area contributed by atoms with Crippen molar-refractivity contribution in [2.24, 2.45) is 11.8 Å². The lowest BCUT2D eigenvalue weighted by Crippen LogP contribution is -2.41. The number of pyridine rings is 2. The van der Waals surface area contributed by atoms with Crippen LogP contribution in [0.1, 0.15) is 55.6 Å². The van der Waals surface area contributed by atoms with Gasteiger partial charge in [0.1, 0.15) is 11.6 Å². The summed E-state index contributed by atoms with van der Waals surface area (Å²) >= 11 is 0. The van der Waals surface area contributed by atoms with Gasteiger partial charge in [-0.15, -0.1) is 0 Å². The molecule has 1 aliphatic carbocycles. The van der Waals surface area contributed by atoms with Crippen LogP contribution in [0.4, 0.5) is 11.6 Å². The molecule has 0 unspecified atom stereocenters. The summed E-state index contributed by atoms with van der Waals surface area (Å²) in [6.07, 6.45) is 1.93. The molecule has 0 spiro atoms. The number of sulfonamides is 1. The smallest absolute Gasteiger partial charge is 0.281 e. The largest absolute Gasteiger partial charge is 0.384 e. The minimum absolute atomic E-state index is 0.0554. The van der Waals surface area contributed by atoms with Crippen molar-refractivity contribution in [3.63, 3.8) is 0 Å². The molecule has 1 aliphatic heterocycles. The summed E-state index contributed by atoms with van der Waals surface area (Å²) < 4.78 is 33.0. The van der Waals surface area contributed by atoms with Gasteiger partial charge in [-0.2, -0.15) is 8.42 Å². The van der Waals surface area contributed by atoms with Gasteiger partial charge in [-0.05, 0) is 62.8 Å². The number of carbonyl (C=O) groups is 1. The molecule has 3 atom stereocenters. The molecule has 1 saturated carbocycles. The minimum atomic E-state index is -4.19. The van der Waals surface area contributed by atoms with Crippen molar-refractivity contribution in [1.82, 2.24) is 14.7 Å². The number of hydrogen-bond donors (Lipinski definition) is 2. The summed E-state index contributed by atoms with van der Waals surface area (Å²) in [5, 5.41) is -0.308. The second kappa shape index (κ2) is 8.57. The highest BCUT2D eigenvalue weighted by atomic mass is 32.2. The maximum Gasteiger partial charge on any atom is 0.281 e. The van der Waals surface area contributed by atoms with Crippen molar-refractivity contribution < 1.29 is 17.9 Å². The number of aromatic nitrogens is 2. The van der Waals surface area contributed by atoms with E-state index in [1.54, 1.807) is 13.2 Å². The van der Waals surface area contributed by atoms with Gasteiger partial charge in [-0.25, -0.2) is 14.7 Å². The third-order valence-corrected chi connectivity index (χ3v) is 7.63. The molecule has 0 bridgehead atoms. The van der Waals surface area contributed by atoms with Crippen molar-refractivity contribution in [2.45, 2.75) is 50.1 Å². The highest BCUT2D eigenvalue weighted by Gasteiger charge is 2.42. The first-order valence-corrected chi connectivity index (χ1v) is 12.6. The normalized spacial score (nSPS) is 24.0. The number of nitrogens with one attached hydrogen (secondary N) is 1. The summed E-state index contributed by atoms with van der Waals surface area (Å²) in [4.78, 5) is 24.1. The van der Waals surface area contributed by atoms with Gasteiger partial charge in [-0.3, -0.25) is 4.79 Å². The van der Waals surface area contributed by atoms with E-state index in [1.165, 1.54) is 18.2 Å². The molecule has 2 fully saturated rings. The van der Waals surface area contributed by atoms with Crippen LogP contribution >= 0.6 is 0 Å². The summed E-state index contributed by atoms with van der Waals surface area (Å²) in [6, 6.07) is 7.74. The Bertz CT molecular complexity index is 1170. The number of nitrogens with zero attached hydrogens (tertiary/aromatic N) is 3. The second-order valence-corrected chi connectivity index (χ2v) is 11.4.